The van der Waals surface area contributed by atoms with Gasteiger partial charge in [-0.05, 0) is 31.8 Å². The Morgan fingerprint density at radius 2 is 1.57 bits per heavy atom. The summed E-state index contributed by atoms with van der Waals surface area (Å²) in [5, 5.41) is 0. The third-order valence-corrected chi connectivity index (χ3v) is 3.38. The molecule has 1 aliphatic heterocycles. The second-order valence-electron chi connectivity index (χ2n) is 4.71. The number of rotatable bonds is 3. The molecule has 1 aliphatic carbocycles. The van der Waals surface area contributed by atoms with E-state index < -0.39 is 12.8 Å². The highest BCUT2D eigenvalue weighted by molar-refractivity contribution is 6.60. The lowest BCUT2D eigenvalue weighted by molar-refractivity contribution is 0.206. The fraction of sp³-hybridized carbons (Fsp3) is 1.00. The number of hydrogen-bond donors (Lipinski definition) is 0. The molecule has 2 fully saturated rings. The van der Waals surface area contributed by atoms with Crippen LogP contribution in [0.1, 0.15) is 25.7 Å². The summed E-state index contributed by atoms with van der Waals surface area (Å²) in [6.45, 7) is -2.23. The highest BCUT2D eigenvalue weighted by Gasteiger charge is 2.37. The van der Waals surface area contributed by atoms with Gasteiger partial charge in [-0.1, -0.05) is 18.7 Å². The molecule has 0 unspecified atom stereocenters. The highest BCUT2D eigenvalue weighted by Crippen LogP contribution is 2.37. The maximum Gasteiger partial charge on any atom is 0.481 e. The zero-order valence-corrected chi connectivity index (χ0v) is 8.26. The van der Waals surface area contributed by atoms with Crippen molar-refractivity contribution in [3.05, 3.63) is 0 Å². The van der Waals surface area contributed by atoms with Crippen LogP contribution >= 0.6 is 0 Å². The van der Waals surface area contributed by atoms with E-state index in [0.717, 1.165) is 12.5 Å². The Morgan fingerprint density at radius 1 is 1.00 bits per heavy atom. The van der Waals surface area contributed by atoms with E-state index in [0.29, 0.717) is 25.9 Å². The van der Waals surface area contributed by atoms with E-state index in [1.807, 2.05) is 0 Å². The molecule has 0 bridgehead atoms. The molecule has 0 amide bonds. The zero-order chi connectivity index (χ0) is 10.2. The summed E-state index contributed by atoms with van der Waals surface area (Å²) in [5.41, 5.74) is 0. The van der Waals surface area contributed by atoms with E-state index in [2.05, 4.69) is 4.90 Å². The third-order valence-electron chi connectivity index (χ3n) is 3.38. The highest BCUT2D eigenvalue weighted by atomic mass is 19.4. The smallest absolute Gasteiger partial charge is 0.449 e. The lowest BCUT2D eigenvalue weighted by atomic mass is 9.67. The summed E-state index contributed by atoms with van der Waals surface area (Å²) < 4.78 is 37.2. The Morgan fingerprint density at radius 3 is 2.00 bits per heavy atom. The lowest BCUT2D eigenvalue weighted by Gasteiger charge is -2.36. The normalized spacial score (nSPS) is 26.8. The van der Waals surface area contributed by atoms with Gasteiger partial charge in [-0.15, -0.1) is 0 Å². The second-order valence-corrected chi connectivity index (χ2v) is 4.71. The van der Waals surface area contributed by atoms with Crippen LogP contribution in [0, 0.1) is 5.92 Å². The average Bonchev–Trinajstić information content (AvgIpc) is 2.88. The molecule has 0 atom stereocenters. The van der Waals surface area contributed by atoms with Crippen molar-refractivity contribution >= 4 is 6.98 Å². The van der Waals surface area contributed by atoms with E-state index in [1.54, 1.807) is 0 Å². The molecule has 0 aromatic heterocycles. The SMILES string of the molecule is F[B-](F)(F)C1CCN(CC2CC2)CC1. The molecule has 0 aromatic carbocycles. The van der Waals surface area contributed by atoms with Crippen molar-refractivity contribution in [3.8, 4) is 0 Å². The Bertz CT molecular complexity index is 195. The standard InChI is InChI=1S/C9H16BF3N/c11-10(12,13)9-3-5-14(6-4-9)7-8-1-2-8/h8-9H,1-7H2/q-1. The molecule has 5 heteroatoms. The molecular weight excluding hydrogens is 190 g/mol. The largest absolute Gasteiger partial charge is 0.481 e. The van der Waals surface area contributed by atoms with E-state index >= 15 is 0 Å². The van der Waals surface area contributed by atoms with Crippen LogP contribution in [0.25, 0.3) is 0 Å². The molecule has 1 saturated carbocycles. The van der Waals surface area contributed by atoms with Gasteiger partial charge in [0, 0.05) is 6.54 Å². The van der Waals surface area contributed by atoms with Gasteiger partial charge in [0.2, 0.25) is 0 Å². The van der Waals surface area contributed by atoms with Gasteiger partial charge in [0.25, 0.3) is 0 Å². The molecule has 1 nitrogen and oxygen atoms in total. The molecule has 2 rings (SSSR count). The van der Waals surface area contributed by atoms with Crippen molar-refractivity contribution in [2.45, 2.75) is 31.5 Å². The van der Waals surface area contributed by atoms with Crippen LogP contribution in [0.3, 0.4) is 0 Å². The van der Waals surface area contributed by atoms with Crippen molar-refractivity contribution in [1.29, 1.82) is 0 Å². The monoisotopic (exact) mass is 206 g/mol. The molecule has 0 radical (unpaired) electrons. The quantitative estimate of drug-likeness (QED) is 0.641. The Labute approximate surface area is 82.7 Å². The number of hydrogen-bond acceptors (Lipinski definition) is 1. The van der Waals surface area contributed by atoms with Gasteiger partial charge >= 0.3 is 6.98 Å². The predicted molar refractivity (Wildman–Crippen MR) is 51.2 cm³/mol. The van der Waals surface area contributed by atoms with E-state index in [4.69, 9.17) is 0 Å². The number of halogens is 3. The number of likely N-dealkylation sites (tertiary alicyclic amines) is 1. The first-order chi connectivity index (χ1) is 6.55. The fourth-order valence-corrected chi connectivity index (χ4v) is 2.18. The van der Waals surface area contributed by atoms with Gasteiger partial charge in [0.1, 0.15) is 0 Å². The third kappa shape index (κ3) is 2.65. The van der Waals surface area contributed by atoms with Crippen LogP contribution in [0.15, 0.2) is 0 Å². The summed E-state index contributed by atoms with van der Waals surface area (Å²) in [6, 6.07) is 0. The minimum absolute atomic E-state index is 0.330. The van der Waals surface area contributed by atoms with Crippen molar-refractivity contribution in [3.63, 3.8) is 0 Å². The first-order valence-corrected chi connectivity index (χ1v) is 5.48. The summed E-state index contributed by atoms with van der Waals surface area (Å²) in [5.74, 6) is -0.187. The van der Waals surface area contributed by atoms with E-state index in [1.165, 1.54) is 12.8 Å². The van der Waals surface area contributed by atoms with Crippen LogP contribution in [-0.2, 0) is 0 Å². The van der Waals surface area contributed by atoms with Crippen LogP contribution in [0.5, 0.6) is 0 Å². The fourth-order valence-electron chi connectivity index (χ4n) is 2.18. The minimum atomic E-state index is -4.58. The van der Waals surface area contributed by atoms with Gasteiger partial charge in [0.05, 0.1) is 0 Å². The minimum Gasteiger partial charge on any atom is -0.449 e. The van der Waals surface area contributed by atoms with Gasteiger partial charge < -0.3 is 17.8 Å². The number of nitrogens with zero attached hydrogens (tertiary/aromatic N) is 1. The zero-order valence-electron chi connectivity index (χ0n) is 8.26. The molecular formula is C9H16BF3N-. The average molecular weight is 206 g/mol. The van der Waals surface area contributed by atoms with Crippen LogP contribution in [0.2, 0.25) is 5.82 Å². The van der Waals surface area contributed by atoms with E-state index in [9.17, 15) is 12.9 Å². The molecule has 1 saturated heterocycles. The Hall–Kier alpha value is -0.185. The molecule has 0 aromatic rings. The summed E-state index contributed by atoms with van der Waals surface area (Å²) in [4.78, 5) is 2.20. The van der Waals surface area contributed by atoms with Crippen molar-refractivity contribution in [2.24, 2.45) is 5.92 Å². The van der Waals surface area contributed by atoms with E-state index in [-0.39, 0.29) is 0 Å². The first kappa shape index (κ1) is 10.3. The van der Waals surface area contributed by atoms with Crippen molar-refractivity contribution < 1.29 is 12.9 Å². The van der Waals surface area contributed by atoms with Gasteiger partial charge in [-0.25, -0.2) is 0 Å². The van der Waals surface area contributed by atoms with Gasteiger partial charge in [-0.2, -0.15) is 0 Å². The first-order valence-electron chi connectivity index (χ1n) is 5.48. The maximum atomic E-state index is 12.4. The van der Waals surface area contributed by atoms with Crippen LogP contribution in [0.4, 0.5) is 12.9 Å². The van der Waals surface area contributed by atoms with Crippen LogP contribution < -0.4 is 0 Å². The Kier molecular flexibility index (Phi) is 2.78. The molecule has 2 aliphatic rings. The summed E-state index contributed by atoms with van der Waals surface area (Å²) in [7, 11) is 0. The van der Waals surface area contributed by atoms with Crippen molar-refractivity contribution in [1.82, 2.24) is 4.90 Å². The Balaban J connectivity index is 1.74. The molecule has 82 valence electrons. The van der Waals surface area contributed by atoms with Gasteiger partial charge in [0.15, 0.2) is 0 Å². The van der Waals surface area contributed by atoms with Crippen LogP contribution in [-0.4, -0.2) is 31.5 Å². The maximum absolute atomic E-state index is 12.4. The summed E-state index contributed by atoms with van der Waals surface area (Å²) >= 11 is 0. The summed E-state index contributed by atoms with van der Waals surface area (Å²) in [6.07, 6.45) is 3.22. The number of piperidine rings is 1. The molecule has 0 spiro atoms. The second kappa shape index (κ2) is 3.76. The molecule has 14 heavy (non-hydrogen) atoms. The van der Waals surface area contributed by atoms with Crippen molar-refractivity contribution in [2.75, 3.05) is 19.6 Å². The molecule has 0 N–H and O–H groups in total. The topological polar surface area (TPSA) is 3.24 Å². The molecule has 1 heterocycles. The lowest BCUT2D eigenvalue weighted by Crippen LogP contribution is -2.39. The predicted octanol–water partition coefficient (Wildman–Crippen LogP) is 2.71. The van der Waals surface area contributed by atoms with Gasteiger partial charge in [-0.3, -0.25) is 0 Å².